The summed E-state index contributed by atoms with van der Waals surface area (Å²) < 4.78 is 56.8. The summed E-state index contributed by atoms with van der Waals surface area (Å²) in [5, 5.41) is 12.1. The first-order valence-corrected chi connectivity index (χ1v) is 25.9. The van der Waals surface area contributed by atoms with Gasteiger partial charge in [-0.05, 0) is 81.6 Å². The molecule has 0 amide bonds. The number of carbonyl (C=O) groups excluding carboxylic acids is 2. The number of nitrogens with zero attached hydrogens (tertiary/aromatic N) is 2. The zero-order chi connectivity index (χ0) is 55.4. The third-order valence-electron chi connectivity index (χ3n) is 13.0. The molecule has 0 heterocycles. The summed E-state index contributed by atoms with van der Waals surface area (Å²) in [5.41, 5.74) is 8.86. The molecule has 0 saturated heterocycles. The van der Waals surface area contributed by atoms with Crippen LogP contribution in [-0.4, -0.2) is 149 Å². The third kappa shape index (κ3) is 18.9. The lowest BCUT2D eigenvalue weighted by Gasteiger charge is -2.33. The van der Waals surface area contributed by atoms with Crippen molar-refractivity contribution >= 4 is 47.6 Å². The van der Waals surface area contributed by atoms with Gasteiger partial charge in [-0.25, -0.2) is 9.59 Å². The van der Waals surface area contributed by atoms with Crippen LogP contribution in [0.4, 0.5) is 11.4 Å². The molecule has 0 radical (unpaired) electrons. The number of hydrogen-bond donors (Lipinski definition) is 0. The molecule has 0 saturated carbocycles. The van der Waals surface area contributed by atoms with Crippen molar-refractivity contribution in [3.05, 3.63) is 158 Å². The van der Waals surface area contributed by atoms with E-state index in [2.05, 4.69) is 49.6 Å². The summed E-state index contributed by atoms with van der Waals surface area (Å²) in [6.07, 6.45) is 11.3. The average Bonchev–Trinajstić information content (AvgIpc) is 3.71. The lowest BCUT2D eigenvalue weighted by molar-refractivity contribution is -0.429. The summed E-state index contributed by atoms with van der Waals surface area (Å²) in [7, 11) is 4.70. The minimum atomic E-state index is -0.603. The Morgan fingerprint density at radius 2 is 0.857 bits per heavy atom. The van der Waals surface area contributed by atoms with E-state index in [0.29, 0.717) is 117 Å². The van der Waals surface area contributed by atoms with Gasteiger partial charge in [-0.15, -0.1) is 0 Å². The van der Waals surface area contributed by atoms with E-state index in [1.807, 2.05) is 43.4 Å². The van der Waals surface area contributed by atoms with Crippen molar-refractivity contribution in [3.8, 4) is 11.1 Å². The molecule has 0 N–H and O–H groups in total. The average molecular weight is 1060 g/mol. The number of carbonyl (C=O) groups is 2. The molecule has 0 fully saturated rings. The fourth-order valence-corrected chi connectivity index (χ4v) is 8.95. The molecule has 414 valence electrons. The van der Waals surface area contributed by atoms with Crippen LogP contribution in [0.15, 0.2) is 98.1 Å². The Morgan fingerprint density at radius 1 is 0.519 bits per heavy atom. The van der Waals surface area contributed by atoms with Crippen molar-refractivity contribution in [2.45, 2.75) is 43.9 Å². The predicted octanol–water partition coefficient (Wildman–Crippen LogP) is 10.1. The molecule has 0 bridgehead atoms. The SMILES string of the molecule is C=CC(=O)OCC(C)c1cc(/C=C/c2ccc3c(c2)C(CCOCCOCCOCCOC)(CCOCCOCCOCCOC)c2cc(/C=C/c4ccc([N+](=O)[O-])c(C(C)COC(=O)C=C)c4)ccc2-3)ccc1[N+](C)=O. The zero-order valence-corrected chi connectivity index (χ0v) is 45.2. The second-order valence-corrected chi connectivity index (χ2v) is 18.4. The number of nitroso groups, excluding NO2 is 1. The summed E-state index contributed by atoms with van der Waals surface area (Å²) >= 11 is 0. The van der Waals surface area contributed by atoms with Gasteiger partial charge in [0.05, 0.1) is 97.4 Å². The Bertz CT molecular complexity index is 2470. The van der Waals surface area contributed by atoms with Crippen molar-refractivity contribution in [3.63, 3.8) is 0 Å². The Hall–Kier alpha value is -6.54. The number of fused-ring (bicyclic) bond motifs is 3. The van der Waals surface area contributed by atoms with Crippen LogP contribution in [0.25, 0.3) is 35.4 Å². The minimum Gasteiger partial charge on any atom is -0.462 e. The number of esters is 2. The van der Waals surface area contributed by atoms with E-state index < -0.39 is 28.2 Å². The van der Waals surface area contributed by atoms with Crippen molar-refractivity contribution in [2.24, 2.45) is 0 Å². The highest BCUT2D eigenvalue weighted by atomic mass is 16.6. The minimum absolute atomic E-state index is 0.0455. The van der Waals surface area contributed by atoms with Crippen molar-refractivity contribution < 1.29 is 66.6 Å². The van der Waals surface area contributed by atoms with E-state index in [0.717, 1.165) is 67.0 Å². The Balaban J connectivity index is 1.50. The number of benzene rings is 4. The molecular weight excluding hydrogens is 989 g/mol. The van der Waals surface area contributed by atoms with Crippen LogP contribution < -0.4 is 0 Å². The van der Waals surface area contributed by atoms with E-state index in [4.69, 9.17) is 47.4 Å². The molecule has 1 aliphatic carbocycles. The standard InChI is InChI=1S/C60H75N2O15/c1-8-58(63)76-42-44(3)52-38-46(16-20-56(52)61(5)65)10-12-48-14-18-50-51-19-15-49(13-11-47-17-21-57(62(66)67)53(39-47)45(4)43-77-59(64)9-2)41-55(51)60(54(50)40-48,22-24-70-30-32-74-36-34-72-28-26-68-6)23-25-71-31-33-75-37-35-73-29-27-69-7/h8-21,38-41,44-45H,1-2,22-37,42-43H2,3-7H3/q+1/b12-10+,13-11+. The van der Waals surface area contributed by atoms with Gasteiger partial charge in [-0.3, -0.25) is 10.1 Å². The van der Waals surface area contributed by atoms with Crippen LogP contribution in [0.3, 0.4) is 0 Å². The molecule has 4 aromatic rings. The highest BCUT2D eigenvalue weighted by molar-refractivity contribution is 5.85. The van der Waals surface area contributed by atoms with Gasteiger partial charge in [0, 0.05) is 89.8 Å². The molecule has 5 rings (SSSR count). The summed E-state index contributed by atoms with van der Waals surface area (Å²) in [6.45, 7) is 16.8. The molecule has 2 unspecified atom stereocenters. The molecule has 0 aliphatic heterocycles. The Labute approximate surface area is 452 Å². The lowest BCUT2D eigenvalue weighted by Crippen LogP contribution is -2.30. The highest BCUT2D eigenvalue weighted by Gasteiger charge is 2.43. The van der Waals surface area contributed by atoms with Gasteiger partial charge in [-0.2, -0.15) is 0 Å². The first-order chi connectivity index (χ1) is 37.3. The van der Waals surface area contributed by atoms with Gasteiger partial charge in [0.15, 0.2) is 7.05 Å². The van der Waals surface area contributed by atoms with E-state index in [9.17, 15) is 24.6 Å². The summed E-state index contributed by atoms with van der Waals surface area (Å²) in [4.78, 5) is 48.0. The lowest BCUT2D eigenvalue weighted by atomic mass is 9.72. The first-order valence-electron chi connectivity index (χ1n) is 25.9. The normalized spacial score (nSPS) is 13.3. The second kappa shape index (κ2) is 32.9. The van der Waals surface area contributed by atoms with Crippen molar-refractivity contribution in [2.75, 3.05) is 127 Å². The molecule has 4 aromatic carbocycles. The topological polar surface area (TPSA) is 190 Å². The van der Waals surface area contributed by atoms with Crippen LogP contribution in [-0.2, 0) is 62.4 Å². The maximum Gasteiger partial charge on any atom is 0.330 e. The van der Waals surface area contributed by atoms with Crippen LogP contribution in [0.2, 0.25) is 0 Å². The molecule has 0 spiro atoms. The van der Waals surface area contributed by atoms with E-state index in [-0.39, 0.29) is 24.8 Å². The van der Waals surface area contributed by atoms with Gasteiger partial charge in [-0.1, -0.05) is 87.7 Å². The van der Waals surface area contributed by atoms with Crippen molar-refractivity contribution in [1.29, 1.82) is 0 Å². The molecule has 1 aliphatic rings. The summed E-state index contributed by atoms with van der Waals surface area (Å²) in [6, 6.07) is 23.4. The molecular formula is C60H75N2O15+. The molecule has 77 heavy (non-hydrogen) atoms. The monoisotopic (exact) mass is 1060 g/mol. The smallest absolute Gasteiger partial charge is 0.330 e. The quantitative estimate of drug-likeness (QED) is 0.00783. The van der Waals surface area contributed by atoms with Gasteiger partial charge in [0.25, 0.3) is 11.4 Å². The van der Waals surface area contributed by atoms with Gasteiger partial charge < -0.3 is 47.4 Å². The third-order valence-corrected chi connectivity index (χ3v) is 13.0. The number of ether oxygens (including phenoxy) is 10. The summed E-state index contributed by atoms with van der Waals surface area (Å²) in [5.74, 6) is -1.86. The fourth-order valence-electron chi connectivity index (χ4n) is 8.95. The van der Waals surface area contributed by atoms with Gasteiger partial charge in [0.2, 0.25) is 0 Å². The van der Waals surface area contributed by atoms with Gasteiger partial charge >= 0.3 is 11.9 Å². The highest BCUT2D eigenvalue weighted by Crippen LogP contribution is 2.53. The number of nitro groups is 1. The number of methoxy groups -OCH3 is 2. The van der Waals surface area contributed by atoms with E-state index in [1.54, 1.807) is 39.3 Å². The van der Waals surface area contributed by atoms with E-state index in [1.165, 1.54) is 13.1 Å². The predicted molar refractivity (Wildman–Crippen MR) is 296 cm³/mol. The first kappa shape index (κ1) is 61.3. The maximum absolute atomic E-state index is 12.6. The van der Waals surface area contributed by atoms with E-state index >= 15 is 0 Å². The molecule has 17 nitrogen and oxygen atoms in total. The zero-order valence-electron chi connectivity index (χ0n) is 45.2. The largest absolute Gasteiger partial charge is 0.462 e. The number of nitro benzene ring substituents is 1. The van der Waals surface area contributed by atoms with Crippen molar-refractivity contribution in [1.82, 2.24) is 0 Å². The van der Waals surface area contributed by atoms with Crippen LogP contribution >= 0.6 is 0 Å². The molecule has 2 atom stereocenters. The fraction of sp³-hybridized carbons (Fsp3) is 0.433. The van der Waals surface area contributed by atoms with Crippen LogP contribution in [0, 0.1) is 15.0 Å². The maximum atomic E-state index is 12.6. The molecule has 0 aromatic heterocycles. The number of hydrogen-bond acceptors (Lipinski definition) is 15. The molecule has 17 heteroatoms. The Morgan fingerprint density at radius 3 is 1.22 bits per heavy atom. The van der Waals surface area contributed by atoms with Gasteiger partial charge in [0.1, 0.15) is 0 Å². The second-order valence-electron chi connectivity index (χ2n) is 18.4. The Kier molecular flexibility index (Phi) is 26.2. The number of rotatable bonds is 38. The van der Waals surface area contributed by atoms with Crippen LogP contribution in [0.5, 0.6) is 0 Å². The van der Waals surface area contributed by atoms with Crippen LogP contribution in [0.1, 0.15) is 83.0 Å².